The standard InChI is InChI=1S/C24H24N4O3/c1-16(19-14-8-10-17-9-6-7-13-20(17)19)25-15-21(29)27-28-22(30)24(2,26-23(28)31)18-11-4-3-5-12-18/h3-14,16,25H,15H2,1-2H3,(H,26,31)(H,27,29)/t16-,24+/m0/s1. The fraction of sp³-hybridized carbons (Fsp3) is 0.208. The number of hydrogen-bond donors (Lipinski definition) is 3. The highest BCUT2D eigenvalue weighted by Crippen LogP contribution is 2.27. The van der Waals surface area contributed by atoms with Crippen LogP contribution in [0.15, 0.2) is 72.8 Å². The van der Waals surface area contributed by atoms with Crippen LogP contribution in [0.1, 0.15) is 31.0 Å². The lowest BCUT2D eigenvalue weighted by molar-refractivity contribution is -0.138. The molecule has 3 N–H and O–H groups in total. The maximum Gasteiger partial charge on any atom is 0.344 e. The van der Waals surface area contributed by atoms with E-state index in [1.807, 2.05) is 55.5 Å². The van der Waals surface area contributed by atoms with E-state index in [9.17, 15) is 14.4 Å². The number of amides is 4. The van der Waals surface area contributed by atoms with Gasteiger partial charge in [-0.3, -0.25) is 15.0 Å². The molecule has 1 aliphatic rings. The predicted octanol–water partition coefficient (Wildman–Crippen LogP) is 2.99. The minimum Gasteiger partial charge on any atom is -0.318 e. The first-order valence-electron chi connectivity index (χ1n) is 10.1. The van der Waals surface area contributed by atoms with E-state index >= 15 is 0 Å². The van der Waals surface area contributed by atoms with Crippen LogP contribution in [0.2, 0.25) is 0 Å². The number of hydrogen-bond acceptors (Lipinski definition) is 4. The van der Waals surface area contributed by atoms with Crippen LogP contribution in [0, 0.1) is 0 Å². The molecule has 0 radical (unpaired) electrons. The number of benzene rings is 3. The fourth-order valence-corrected chi connectivity index (χ4v) is 3.86. The molecule has 1 heterocycles. The molecule has 0 saturated carbocycles. The first-order chi connectivity index (χ1) is 14.9. The van der Waals surface area contributed by atoms with Crippen molar-refractivity contribution >= 4 is 28.6 Å². The first kappa shape index (κ1) is 20.6. The van der Waals surface area contributed by atoms with Crippen molar-refractivity contribution in [2.24, 2.45) is 0 Å². The van der Waals surface area contributed by atoms with Crippen molar-refractivity contribution in [3.63, 3.8) is 0 Å². The largest absolute Gasteiger partial charge is 0.344 e. The molecule has 3 aromatic rings. The molecule has 7 nitrogen and oxygen atoms in total. The Kier molecular flexibility index (Phi) is 5.44. The van der Waals surface area contributed by atoms with Crippen molar-refractivity contribution < 1.29 is 14.4 Å². The Balaban J connectivity index is 1.41. The smallest absolute Gasteiger partial charge is 0.318 e. The molecule has 1 aliphatic heterocycles. The molecular formula is C24H24N4O3. The zero-order chi connectivity index (χ0) is 22.0. The van der Waals surface area contributed by atoms with E-state index in [0.717, 1.165) is 21.3 Å². The summed E-state index contributed by atoms with van der Waals surface area (Å²) in [4.78, 5) is 37.8. The van der Waals surface area contributed by atoms with Gasteiger partial charge in [0.05, 0.1) is 6.54 Å². The first-order valence-corrected chi connectivity index (χ1v) is 10.1. The van der Waals surface area contributed by atoms with Gasteiger partial charge in [-0.05, 0) is 35.7 Å². The van der Waals surface area contributed by atoms with Gasteiger partial charge in [-0.2, -0.15) is 5.01 Å². The third-order valence-corrected chi connectivity index (χ3v) is 5.64. The van der Waals surface area contributed by atoms with Crippen LogP contribution in [0.5, 0.6) is 0 Å². The molecule has 31 heavy (non-hydrogen) atoms. The molecule has 2 atom stereocenters. The summed E-state index contributed by atoms with van der Waals surface area (Å²) in [5, 5.41) is 8.81. The van der Waals surface area contributed by atoms with Gasteiger partial charge in [0.2, 0.25) is 0 Å². The third kappa shape index (κ3) is 3.87. The van der Waals surface area contributed by atoms with E-state index < -0.39 is 23.4 Å². The lowest BCUT2D eigenvalue weighted by atomic mass is 9.92. The Hall–Kier alpha value is -3.71. The van der Waals surface area contributed by atoms with Crippen molar-refractivity contribution in [2.75, 3.05) is 6.54 Å². The Morgan fingerprint density at radius 3 is 2.45 bits per heavy atom. The van der Waals surface area contributed by atoms with Gasteiger partial charge < -0.3 is 10.6 Å². The van der Waals surface area contributed by atoms with Gasteiger partial charge in [0.25, 0.3) is 11.8 Å². The second kappa shape index (κ2) is 8.20. The summed E-state index contributed by atoms with van der Waals surface area (Å²) in [6, 6.07) is 22.3. The molecule has 3 aromatic carbocycles. The number of fused-ring (bicyclic) bond motifs is 1. The van der Waals surface area contributed by atoms with E-state index in [1.165, 1.54) is 0 Å². The van der Waals surface area contributed by atoms with Crippen molar-refractivity contribution in [1.82, 2.24) is 21.1 Å². The summed E-state index contributed by atoms with van der Waals surface area (Å²) in [6.07, 6.45) is 0. The number of urea groups is 1. The molecule has 4 rings (SSSR count). The maximum absolute atomic E-state index is 12.9. The van der Waals surface area contributed by atoms with Gasteiger partial charge in [0, 0.05) is 6.04 Å². The SMILES string of the molecule is C[C@H](NCC(=O)NN1C(=O)N[C@](C)(c2ccccc2)C1=O)c1cccc2ccccc12. The summed E-state index contributed by atoms with van der Waals surface area (Å²) in [6.45, 7) is 3.54. The highest BCUT2D eigenvalue weighted by atomic mass is 16.2. The van der Waals surface area contributed by atoms with Crippen LogP contribution in [0.4, 0.5) is 4.79 Å². The van der Waals surface area contributed by atoms with Crippen LogP contribution in [-0.4, -0.2) is 29.4 Å². The molecule has 0 spiro atoms. The fourth-order valence-electron chi connectivity index (χ4n) is 3.86. The van der Waals surface area contributed by atoms with E-state index in [-0.39, 0.29) is 12.6 Å². The predicted molar refractivity (Wildman–Crippen MR) is 118 cm³/mol. The van der Waals surface area contributed by atoms with Gasteiger partial charge in [0.1, 0.15) is 5.54 Å². The van der Waals surface area contributed by atoms with Gasteiger partial charge >= 0.3 is 6.03 Å². The number of nitrogens with zero attached hydrogens (tertiary/aromatic N) is 1. The summed E-state index contributed by atoms with van der Waals surface area (Å²) in [5.41, 5.74) is 2.90. The van der Waals surface area contributed by atoms with Crippen molar-refractivity contribution in [3.05, 3.63) is 83.9 Å². The average Bonchev–Trinajstić information content (AvgIpc) is 3.01. The summed E-state index contributed by atoms with van der Waals surface area (Å²) in [7, 11) is 0. The second-order valence-corrected chi connectivity index (χ2v) is 7.77. The number of imide groups is 1. The molecule has 0 aliphatic carbocycles. The van der Waals surface area contributed by atoms with Crippen LogP contribution >= 0.6 is 0 Å². The Morgan fingerprint density at radius 2 is 1.68 bits per heavy atom. The minimum absolute atomic E-state index is 0.0521. The molecule has 0 aromatic heterocycles. The molecule has 1 fully saturated rings. The third-order valence-electron chi connectivity index (χ3n) is 5.64. The number of carbonyl (C=O) groups is 3. The highest BCUT2D eigenvalue weighted by molar-refractivity contribution is 6.08. The van der Waals surface area contributed by atoms with E-state index in [4.69, 9.17) is 0 Å². The maximum atomic E-state index is 12.9. The van der Waals surface area contributed by atoms with Crippen molar-refractivity contribution in [3.8, 4) is 0 Å². The topological polar surface area (TPSA) is 90.5 Å². The van der Waals surface area contributed by atoms with Crippen LogP contribution in [0.25, 0.3) is 10.8 Å². The molecule has 0 unspecified atom stereocenters. The molecule has 7 heteroatoms. The van der Waals surface area contributed by atoms with Gasteiger partial charge in [0.15, 0.2) is 0 Å². The summed E-state index contributed by atoms with van der Waals surface area (Å²) < 4.78 is 0. The monoisotopic (exact) mass is 416 g/mol. The number of carbonyl (C=O) groups excluding carboxylic acids is 3. The van der Waals surface area contributed by atoms with Gasteiger partial charge in [-0.25, -0.2) is 4.79 Å². The number of hydrazine groups is 1. The van der Waals surface area contributed by atoms with E-state index in [2.05, 4.69) is 16.1 Å². The lowest BCUT2D eigenvalue weighted by Crippen LogP contribution is -2.50. The second-order valence-electron chi connectivity index (χ2n) is 7.77. The summed E-state index contributed by atoms with van der Waals surface area (Å²) in [5.74, 6) is -1.01. The number of rotatable bonds is 6. The molecular weight excluding hydrogens is 392 g/mol. The van der Waals surface area contributed by atoms with E-state index in [0.29, 0.717) is 5.56 Å². The van der Waals surface area contributed by atoms with E-state index in [1.54, 1.807) is 31.2 Å². The highest BCUT2D eigenvalue weighted by Gasteiger charge is 2.49. The minimum atomic E-state index is -1.23. The lowest BCUT2D eigenvalue weighted by Gasteiger charge is -2.22. The summed E-state index contributed by atoms with van der Waals surface area (Å²) >= 11 is 0. The van der Waals surface area contributed by atoms with Crippen LogP contribution < -0.4 is 16.1 Å². The molecule has 1 saturated heterocycles. The normalized spacial score (nSPS) is 19.4. The average molecular weight is 416 g/mol. The van der Waals surface area contributed by atoms with Crippen LogP contribution in [0.3, 0.4) is 0 Å². The number of nitrogens with one attached hydrogen (secondary N) is 3. The van der Waals surface area contributed by atoms with Gasteiger partial charge in [-0.1, -0.05) is 72.8 Å². The van der Waals surface area contributed by atoms with Gasteiger partial charge in [-0.15, -0.1) is 0 Å². The molecule has 0 bridgehead atoms. The Labute approximate surface area is 180 Å². The zero-order valence-electron chi connectivity index (χ0n) is 17.4. The van der Waals surface area contributed by atoms with Crippen LogP contribution in [-0.2, 0) is 15.1 Å². The quantitative estimate of drug-likeness (QED) is 0.539. The Bertz CT molecular complexity index is 1140. The molecule has 158 valence electrons. The Morgan fingerprint density at radius 1 is 1.00 bits per heavy atom. The van der Waals surface area contributed by atoms with Crippen molar-refractivity contribution in [2.45, 2.75) is 25.4 Å². The zero-order valence-corrected chi connectivity index (χ0v) is 17.4. The van der Waals surface area contributed by atoms with Crippen molar-refractivity contribution in [1.29, 1.82) is 0 Å². The molecule has 4 amide bonds.